The number of nitrogens with zero attached hydrogens (tertiary/aromatic N) is 4. The zero-order chi connectivity index (χ0) is 32.8. The standard InChI is InChI=1S/C37H41N5O4S/c1-26(2)14-21-46-22-15-33(43)41-19-17-40(18-20-41)31-12-10-27(11-13-31)29-8-9-30-25-42(36(45)32(30)24-29)34(28-6-4-3-5-7-28)35(44)39-37-38-16-23-47-37/h3-13,16,23-24,26,34H,14-15,17-22,25H2,1-2H3,(H,38,39,44). The molecule has 1 aromatic heterocycles. The van der Waals surface area contributed by atoms with E-state index in [0.717, 1.165) is 47.5 Å². The van der Waals surface area contributed by atoms with Gasteiger partial charge in [0.05, 0.1) is 13.0 Å². The number of piperazine rings is 1. The Bertz CT molecular complexity index is 1670. The summed E-state index contributed by atoms with van der Waals surface area (Å²) < 4.78 is 5.64. The molecule has 1 N–H and O–H groups in total. The largest absolute Gasteiger partial charge is 0.381 e. The highest BCUT2D eigenvalue weighted by molar-refractivity contribution is 7.13. The molecule has 9 nitrogen and oxygen atoms in total. The summed E-state index contributed by atoms with van der Waals surface area (Å²) in [4.78, 5) is 50.1. The van der Waals surface area contributed by atoms with Gasteiger partial charge in [0, 0.05) is 62.2 Å². The second kappa shape index (κ2) is 14.9. The number of carbonyl (C=O) groups is 3. The normalized spacial score (nSPS) is 15.2. The SMILES string of the molecule is CC(C)CCOCCC(=O)N1CCN(c2ccc(-c3ccc4c(c3)C(=O)N(C(C(=O)Nc3nccs3)c3ccccc3)C4)cc2)CC1. The number of anilines is 2. The maximum atomic E-state index is 13.8. The first-order valence-electron chi connectivity index (χ1n) is 16.3. The predicted octanol–water partition coefficient (Wildman–Crippen LogP) is 6.25. The van der Waals surface area contributed by atoms with E-state index in [1.165, 1.54) is 11.3 Å². The van der Waals surface area contributed by atoms with E-state index >= 15 is 0 Å². The van der Waals surface area contributed by atoms with Crippen molar-refractivity contribution in [2.75, 3.05) is 49.6 Å². The number of thiazole rings is 1. The molecule has 4 aromatic rings. The predicted molar refractivity (Wildman–Crippen MR) is 185 cm³/mol. The lowest BCUT2D eigenvalue weighted by molar-refractivity contribution is -0.132. The van der Waals surface area contributed by atoms with Crippen LogP contribution in [-0.4, -0.2) is 71.9 Å². The summed E-state index contributed by atoms with van der Waals surface area (Å²) in [7, 11) is 0. The van der Waals surface area contributed by atoms with Gasteiger partial charge >= 0.3 is 0 Å². The van der Waals surface area contributed by atoms with E-state index in [0.29, 0.717) is 55.9 Å². The van der Waals surface area contributed by atoms with Gasteiger partial charge in [-0.15, -0.1) is 11.3 Å². The minimum Gasteiger partial charge on any atom is -0.381 e. The summed E-state index contributed by atoms with van der Waals surface area (Å²) in [6, 6.07) is 22.9. The van der Waals surface area contributed by atoms with E-state index < -0.39 is 6.04 Å². The maximum Gasteiger partial charge on any atom is 0.255 e. The highest BCUT2D eigenvalue weighted by Gasteiger charge is 2.38. The Morgan fingerprint density at radius 1 is 0.936 bits per heavy atom. The molecule has 47 heavy (non-hydrogen) atoms. The van der Waals surface area contributed by atoms with Gasteiger partial charge in [-0.05, 0) is 52.8 Å². The molecule has 3 heterocycles. The average Bonchev–Trinajstić information content (AvgIpc) is 3.72. The lowest BCUT2D eigenvalue weighted by Crippen LogP contribution is -2.49. The van der Waals surface area contributed by atoms with E-state index in [1.54, 1.807) is 16.5 Å². The second-order valence-electron chi connectivity index (χ2n) is 12.4. The van der Waals surface area contributed by atoms with Crippen molar-refractivity contribution >= 4 is 39.9 Å². The number of hydrogen-bond donors (Lipinski definition) is 1. The molecule has 1 unspecified atom stereocenters. The number of fused-ring (bicyclic) bond motifs is 1. The smallest absolute Gasteiger partial charge is 0.255 e. The van der Waals surface area contributed by atoms with Crippen molar-refractivity contribution in [1.29, 1.82) is 0 Å². The monoisotopic (exact) mass is 651 g/mol. The molecule has 1 saturated heterocycles. The Morgan fingerprint density at radius 3 is 2.38 bits per heavy atom. The lowest BCUT2D eigenvalue weighted by Gasteiger charge is -2.36. The lowest BCUT2D eigenvalue weighted by atomic mass is 10.00. The molecule has 0 radical (unpaired) electrons. The third kappa shape index (κ3) is 7.72. The fraction of sp³-hybridized carbons (Fsp3) is 0.351. The van der Waals surface area contributed by atoms with Crippen LogP contribution in [0.2, 0.25) is 0 Å². The highest BCUT2D eigenvalue weighted by Crippen LogP contribution is 2.35. The highest BCUT2D eigenvalue weighted by atomic mass is 32.1. The molecular weight excluding hydrogens is 611 g/mol. The van der Waals surface area contributed by atoms with Gasteiger partial charge in [0.2, 0.25) is 5.91 Å². The van der Waals surface area contributed by atoms with Gasteiger partial charge in [0.25, 0.3) is 11.8 Å². The molecule has 3 aromatic carbocycles. The molecular formula is C37H41N5O4S. The van der Waals surface area contributed by atoms with Crippen LogP contribution >= 0.6 is 11.3 Å². The number of hydrogen-bond acceptors (Lipinski definition) is 7. The van der Waals surface area contributed by atoms with Gasteiger partial charge in [0.15, 0.2) is 5.13 Å². The topological polar surface area (TPSA) is 95.1 Å². The van der Waals surface area contributed by atoms with E-state index in [9.17, 15) is 14.4 Å². The van der Waals surface area contributed by atoms with Crippen LogP contribution in [0.1, 0.15) is 54.2 Å². The Morgan fingerprint density at radius 2 is 1.68 bits per heavy atom. The van der Waals surface area contributed by atoms with Crippen LogP contribution in [0.4, 0.5) is 10.8 Å². The van der Waals surface area contributed by atoms with Crippen molar-refractivity contribution in [3.05, 3.63) is 101 Å². The Balaban J connectivity index is 1.08. The molecule has 3 amide bonds. The molecule has 0 aliphatic carbocycles. The first-order valence-corrected chi connectivity index (χ1v) is 17.2. The van der Waals surface area contributed by atoms with Crippen molar-refractivity contribution in [2.24, 2.45) is 5.92 Å². The third-order valence-electron chi connectivity index (χ3n) is 8.78. The van der Waals surface area contributed by atoms with Gasteiger partial charge in [0.1, 0.15) is 6.04 Å². The molecule has 0 bridgehead atoms. The van der Waals surface area contributed by atoms with Crippen molar-refractivity contribution in [2.45, 2.75) is 39.3 Å². The van der Waals surface area contributed by atoms with Gasteiger partial charge in [-0.1, -0.05) is 68.4 Å². The summed E-state index contributed by atoms with van der Waals surface area (Å²) >= 11 is 1.34. The quantitative estimate of drug-likeness (QED) is 0.182. The first kappa shape index (κ1) is 32.4. The summed E-state index contributed by atoms with van der Waals surface area (Å²) in [5, 5.41) is 5.18. The van der Waals surface area contributed by atoms with E-state index in [4.69, 9.17) is 4.74 Å². The first-order chi connectivity index (χ1) is 22.9. The van der Waals surface area contributed by atoms with Crippen molar-refractivity contribution < 1.29 is 19.1 Å². The van der Waals surface area contributed by atoms with Gasteiger partial charge in [-0.2, -0.15) is 0 Å². The summed E-state index contributed by atoms with van der Waals surface area (Å²) in [5.41, 5.74) is 5.32. The molecule has 2 aliphatic heterocycles. The van der Waals surface area contributed by atoms with Gasteiger partial charge < -0.3 is 19.4 Å². The van der Waals surface area contributed by atoms with E-state index in [1.807, 2.05) is 53.4 Å². The minimum atomic E-state index is -0.790. The molecule has 6 rings (SSSR count). The molecule has 0 saturated carbocycles. The zero-order valence-electron chi connectivity index (χ0n) is 26.9. The summed E-state index contributed by atoms with van der Waals surface area (Å²) in [5.74, 6) is 0.297. The van der Waals surface area contributed by atoms with E-state index in [-0.39, 0.29) is 17.7 Å². The number of nitrogens with one attached hydrogen (secondary N) is 1. The number of ether oxygens (including phenoxy) is 1. The van der Waals surface area contributed by atoms with Crippen LogP contribution in [0.5, 0.6) is 0 Å². The van der Waals surface area contributed by atoms with Gasteiger partial charge in [-0.25, -0.2) is 4.98 Å². The fourth-order valence-corrected chi connectivity index (χ4v) is 6.63. The Hall–Kier alpha value is -4.54. The molecule has 244 valence electrons. The number of amides is 3. The number of carbonyl (C=O) groups excluding carboxylic acids is 3. The number of benzene rings is 3. The van der Waals surface area contributed by atoms with Gasteiger partial charge in [-0.3, -0.25) is 19.7 Å². The summed E-state index contributed by atoms with van der Waals surface area (Å²) in [6.07, 6.45) is 3.08. The Kier molecular flexibility index (Phi) is 10.3. The van der Waals surface area contributed by atoms with Crippen LogP contribution in [0, 0.1) is 5.92 Å². The molecule has 10 heteroatoms. The zero-order valence-corrected chi connectivity index (χ0v) is 27.7. The van der Waals surface area contributed by atoms with Crippen molar-refractivity contribution in [3.8, 4) is 11.1 Å². The molecule has 1 fully saturated rings. The molecule has 1 atom stereocenters. The number of aromatic nitrogens is 1. The van der Waals surface area contributed by atoms with Crippen LogP contribution in [0.25, 0.3) is 11.1 Å². The molecule has 0 spiro atoms. The Labute approximate surface area is 280 Å². The summed E-state index contributed by atoms with van der Waals surface area (Å²) in [6.45, 7) is 8.82. The molecule has 2 aliphatic rings. The number of rotatable bonds is 12. The maximum absolute atomic E-state index is 13.8. The van der Waals surface area contributed by atoms with Crippen molar-refractivity contribution in [1.82, 2.24) is 14.8 Å². The van der Waals surface area contributed by atoms with Crippen molar-refractivity contribution in [3.63, 3.8) is 0 Å². The fourth-order valence-electron chi connectivity index (χ4n) is 6.10. The third-order valence-corrected chi connectivity index (χ3v) is 9.47. The average molecular weight is 652 g/mol. The van der Waals surface area contributed by atoms with E-state index in [2.05, 4.69) is 53.3 Å². The second-order valence-corrected chi connectivity index (χ2v) is 13.3. The van der Waals surface area contributed by atoms with Crippen LogP contribution in [0.3, 0.4) is 0 Å². The van der Waals surface area contributed by atoms with Crippen LogP contribution in [0.15, 0.2) is 84.4 Å². The van der Waals surface area contributed by atoms with Crippen LogP contribution in [-0.2, 0) is 20.9 Å². The minimum absolute atomic E-state index is 0.157. The van der Waals surface area contributed by atoms with Crippen LogP contribution < -0.4 is 10.2 Å².